The average molecular weight is 391 g/mol. The first kappa shape index (κ1) is 17.7. The van der Waals surface area contributed by atoms with E-state index >= 15 is 0 Å². The normalized spacial score (nSPS) is 17.9. The van der Waals surface area contributed by atoms with Crippen LogP contribution in [0.1, 0.15) is 12.8 Å². The van der Waals surface area contributed by atoms with E-state index in [-0.39, 0.29) is 4.90 Å². The minimum atomic E-state index is -3.47. The molecular formula is C15H23BrN2O3S. The molecule has 0 aliphatic carbocycles. The highest BCUT2D eigenvalue weighted by Gasteiger charge is 2.26. The molecule has 0 atom stereocenters. The number of sulfonamides is 1. The van der Waals surface area contributed by atoms with Gasteiger partial charge < -0.3 is 9.64 Å². The molecule has 0 N–H and O–H groups in total. The van der Waals surface area contributed by atoms with Crippen LogP contribution in [0.5, 0.6) is 5.75 Å². The van der Waals surface area contributed by atoms with Crippen molar-refractivity contribution >= 4 is 26.0 Å². The molecule has 1 aliphatic heterocycles. The van der Waals surface area contributed by atoms with Gasteiger partial charge in [-0.25, -0.2) is 12.7 Å². The summed E-state index contributed by atoms with van der Waals surface area (Å²) in [6, 6.07) is 4.85. The largest absolute Gasteiger partial charge is 0.496 e. The summed E-state index contributed by atoms with van der Waals surface area (Å²) < 4.78 is 32.6. The van der Waals surface area contributed by atoms with Crippen molar-refractivity contribution in [3.63, 3.8) is 0 Å². The second-order valence-electron chi connectivity index (χ2n) is 5.83. The van der Waals surface area contributed by atoms with Gasteiger partial charge in [0, 0.05) is 13.6 Å². The average Bonchev–Trinajstić information content (AvgIpc) is 2.49. The van der Waals surface area contributed by atoms with E-state index in [4.69, 9.17) is 4.74 Å². The second kappa shape index (κ2) is 7.29. The maximum atomic E-state index is 12.7. The van der Waals surface area contributed by atoms with Crippen molar-refractivity contribution in [1.29, 1.82) is 0 Å². The number of rotatable bonds is 5. The number of ether oxygens (including phenoxy) is 1. The van der Waals surface area contributed by atoms with Gasteiger partial charge in [0.2, 0.25) is 10.0 Å². The van der Waals surface area contributed by atoms with Crippen LogP contribution in [0.15, 0.2) is 27.6 Å². The molecule has 1 fully saturated rings. The Labute approximate surface area is 141 Å². The van der Waals surface area contributed by atoms with E-state index in [1.54, 1.807) is 32.4 Å². The Morgan fingerprint density at radius 2 is 2.00 bits per heavy atom. The summed E-state index contributed by atoms with van der Waals surface area (Å²) in [6.07, 6.45) is 2.09. The van der Waals surface area contributed by atoms with E-state index < -0.39 is 10.0 Å². The zero-order valence-electron chi connectivity index (χ0n) is 13.3. The molecule has 0 spiro atoms. The number of nitrogens with zero attached hydrogens (tertiary/aromatic N) is 2. The standard InChI is InChI=1S/C15H23BrN2O3S/c1-17-8-6-12(7-9-17)11-18(2)22(19,20)13-4-5-15(21-3)14(16)10-13/h4-5,10,12H,6-9,11H2,1-3H3. The molecule has 1 saturated heterocycles. The predicted octanol–water partition coefficient (Wildman–Crippen LogP) is 2.42. The minimum Gasteiger partial charge on any atom is -0.496 e. The minimum absolute atomic E-state index is 0.288. The summed E-state index contributed by atoms with van der Waals surface area (Å²) in [6.45, 7) is 2.64. The van der Waals surface area contributed by atoms with Crippen LogP contribution in [0.25, 0.3) is 0 Å². The number of hydrogen-bond donors (Lipinski definition) is 0. The highest BCUT2D eigenvalue weighted by Crippen LogP contribution is 2.29. The first-order valence-electron chi connectivity index (χ1n) is 7.33. The maximum Gasteiger partial charge on any atom is 0.242 e. The number of hydrogen-bond acceptors (Lipinski definition) is 4. The molecule has 0 amide bonds. The van der Waals surface area contributed by atoms with Crippen molar-refractivity contribution < 1.29 is 13.2 Å². The van der Waals surface area contributed by atoms with Gasteiger partial charge in [-0.1, -0.05) is 0 Å². The highest BCUT2D eigenvalue weighted by molar-refractivity contribution is 9.10. The third-order valence-corrected chi connectivity index (χ3v) is 6.62. The first-order valence-corrected chi connectivity index (χ1v) is 9.56. The summed E-state index contributed by atoms with van der Waals surface area (Å²) >= 11 is 3.34. The molecular weight excluding hydrogens is 368 g/mol. The quantitative estimate of drug-likeness (QED) is 0.774. The second-order valence-corrected chi connectivity index (χ2v) is 8.73. The van der Waals surface area contributed by atoms with Gasteiger partial charge in [0.05, 0.1) is 16.5 Å². The van der Waals surface area contributed by atoms with Crippen molar-refractivity contribution in [3.05, 3.63) is 22.7 Å². The van der Waals surface area contributed by atoms with Crippen LogP contribution < -0.4 is 4.74 Å². The van der Waals surface area contributed by atoms with Gasteiger partial charge in [-0.2, -0.15) is 0 Å². The lowest BCUT2D eigenvalue weighted by molar-refractivity contribution is 0.202. The van der Waals surface area contributed by atoms with Crippen molar-refractivity contribution in [2.24, 2.45) is 5.92 Å². The monoisotopic (exact) mass is 390 g/mol. The van der Waals surface area contributed by atoms with Crippen molar-refractivity contribution in [2.45, 2.75) is 17.7 Å². The van der Waals surface area contributed by atoms with Crippen LogP contribution in [-0.2, 0) is 10.0 Å². The lowest BCUT2D eigenvalue weighted by atomic mass is 9.97. The Kier molecular flexibility index (Phi) is 5.87. The molecule has 1 aromatic carbocycles. The van der Waals surface area contributed by atoms with Crippen LogP contribution in [-0.4, -0.2) is 58.5 Å². The summed E-state index contributed by atoms with van der Waals surface area (Å²) in [5.41, 5.74) is 0. The Hall–Kier alpha value is -0.630. The topological polar surface area (TPSA) is 49.9 Å². The van der Waals surface area contributed by atoms with Crippen molar-refractivity contribution in [2.75, 3.05) is 40.8 Å². The molecule has 0 aromatic heterocycles. The van der Waals surface area contributed by atoms with Crippen LogP contribution in [0, 0.1) is 5.92 Å². The van der Waals surface area contributed by atoms with Gasteiger partial charge in [-0.05, 0) is 73.0 Å². The van der Waals surface area contributed by atoms with Crippen LogP contribution in [0.2, 0.25) is 0 Å². The van der Waals surface area contributed by atoms with Gasteiger partial charge >= 0.3 is 0 Å². The van der Waals surface area contributed by atoms with E-state index in [0.717, 1.165) is 25.9 Å². The van der Waals surface area contributed by atoms with Crippen molar-refractivity contribution in [3.8, 4) is 5.75 Å². The number of halogens is 1. The van der Waals surface area contributed by atoms with E-state index in [1.165, 1.54) is 4.31 Å². The van der Waals surface area contributed by atoms with Gasteiger partial charge in [-0.15, -0.1) is 0 Å². The van der Waals surface area contributed by atoms with Crippen LogP contribution >= 0.6 is 15.9 Å². The van der Waals surface area contributed by atoms with Gasteiger partial charge in [0.15, 0.2) is 0 Å². The fourth-order valence-corrected chi connectivity index (χ4v) is 4.66. The van der Waals surface area contributed by atoms with Gasteiger partial charge in [0.1, 0.15) is 5.75 Å². The molecule has 0 saturated carbocycles. The fraction of sp³-hybridized carbons (Fsp3) is 0.600. The van der Waals surface area contributed by atoms with E-state index in [9.17, 15) is 8.42 Å². The molecule has 7 heteroatoms. The lowest BCUT2D eigenvalue weighted by Crippen LogP contribution is -2.37. The van der Waals surface area contributed by atoms with Gasteiger partial charge in [0.25, 0.3) is 0 Å². The van der Waals surface area contributed by atoms with Gasteiger partial charge in [-0.3, -0.25) is 0 Å². The highest BCUT2D eigenvalue weighted by atomic mass is 79.9. The molecule has 1 heterocycles. The predicted molar refractivity (Wildman–Crippen MR) is 90.7 cm³/mol. The van der Waals surface area contributed by atoms with Crippen LogP contribution in [0.4, 0.5) is 0 Å². The summed E-state index contributed by atoms with van der Waals surface area (Å²) in [4.78, 5) is 2.57. The molecule has 1 aliphatic rings. The van der Waals surface area contributed by atoms with Crippen molar-refractivity contribution in [1.82, 2.24) is 9.21 Å². The summed E-state index contributed by atoms with van der Waals surface area (Å²) in [5, 5.41) is 0. The Morgan fingerprint density at radius 3 is 2.55 bits per heavy atom. The molecule has 1 aromatic rings. The first-order chi connectivity index (χ1) is 10.3. The molecule has 5 nitrogen and oxygen atoms in total. The number of likely N-dealkylation sites (tertiary alicyclic amines) is 1. The third kappa shape index (κ3) is 4.01. The molecule has 124 valence electrons. The molecule has 0 unspecified atom stereocenters. The molecule has 0 bridgehead atoms. The van der Waals surface area contributed by atoms with E-state index in [2.05, 4.69) is 27.9 Å². The molecule has 22 heavy (non-hydrogen) atoms. The fourth-order valence-electron chi connectivity index (χ4n) is 2.69. The maximum absolute atomic E-state index is 12.7. The zero-order valence-corrected chi connectivity index (χ0v) is 15.7. The Balaban J connectivity index is 2.10. The molecule has 0 radical (unpaired) electrons. The van der Waals surface area contributed by atoms with E-state index in [0.29, 0.717) is 22.7 Å². The third-order valence-electron chi connectivity index (χ3n) is 4.18. The zero-order chi connectivity index (χ0) is 16.3. The Bertz CT molecular complexity index is 613. The number of methoxy groups -OCH3 is 1. The Morgan fingerprint density at radius 1 is 1.36 bits per heavy atom. The molecule has 2 rings (SSSR count). The number of piperidine rings is 1. The summed E-state index contributed by atoms with van der Waals surface area (Å²) in [5.74, 6) is 1.05. The number of benzene rings is 1. The SMILES string of the molecule is COc1ccc(S(=O)(=O)N(C)CC2CCN(C)CC2)cc1Br. The smallest absolute Gasteiger partial charge is 0.242 e. The summed E-state index contributed by atoms with van der Waals surface area (Å²) in [7, 11) is 1.85. The lowest BCUT2D eigenvalue weighted by Gasteiger charge is -2.31. The van der Waals surface area contributed by atoms with E-state index in [1.807, 2.05) is 0 Å². The van der Waals surface area contributed by atoms with Crippen LogP contribution in [0.3, 0.4) is 0 Å².